The van der Waals surface area contributed by atoms with Crippen molar-refractivity contribution in [2.75, 3.05) is 133 Å². The van der Waals surface area contributed by atoms with Gasteiger partial charge in [-0.2, -0.15) is 0 Å². The first-order chi connectivity index (χ1) is 31.0. The maximum absolute atomic E-state index is 13.4. The Balaban J connectivity index is 0.00000456. The zero-order chi connectivity index (χ0) is 46.8. The molecule has 0 radical (unpaired) electrons. The number of amides is 4. The zero-order valence-electron chi connectivity index (χ0n) is 37.6. The van der Waals surface area contributed by atoms with Gasteiger partial charge < -0.3 is 63.4 Å². The van der Waals surface area contributed by atoms with E-state index >= 15 is 0 Å². The number of hydrogen-bond donors (Lipinski definition) is 3. The number of likely N-dealkylation sites (N-methyl/N-ethyl adjacent to an activating group) is 2. The van der Waals surface area contributed by atoms with Gasteiger partial charge in [-0.05, 0) is 28.7 Å². The van der Waals surface area contributed by atoms with Crippen LogP contribution in [0.15, 0.2) is 48.5 Å². The van der Waals surface area contributed by atoms with Crippen molar-refractivity contribution in [2.45, 2.75) is 44.9 Å². The first-order valence-corrected chi connectivity index (χ1v) is 21.6. The number of carbonyl (C=O) groups excluding carboxylic acids is 4. The highest BCUT2D eigenvalue weighted by Gasteiger charge is 2.29. The van der Waals surface area contributed by atoms with Gasteiger partial charge in [0.15, 0.2) is 0 Å². The van der Waals surface area contributed by atoms with Crippen LogP contribution in [0.5, 0.6) is 0 Å². The van der Waals surface area contributed by atoms with Crippen molar-refractivity contribution < 1.29 is 72.1 Å². The number of carboxylic acids is 1. The van der Waals surface area contributed by atoms with Crippen LogP contribution in [0, 0.1) is 0 Å². The molecule has 2 aromatic rings. The van der Waals surface area contributed by atoms with E-state index in [0.29, 0.717) is 33.0 Å². The summed E-state index contributed by atoms with van der Waals surface area (Å²) in [5, 5.41) is 18.2. The number of nitrogens with zero attached hydrogens (tertiary/aromatic N) is 3. The summed E-state index contributed by atoms with van der Waals surface area (Å²) in [6.45, 7) is 6.85. The van der Waals surface area contributed by atoms with Crippen LogP contribution in [0.25, 0.3) is 11.1 Å². The smallest absolute Gasteiger partial charge is 0.407 e. The van der Waals surface area contributed by atoms with Crippen LogP contribution in [-0.2, 0) is 57.1 Å². The van der Waals surface area contributed by atoms with Crippen molar-refractivity contribution in [3.05, 3.63) is 59.7 Å². The van der Waals surface area contributed by atoms with Crippen molar-refractivity contribution in [1.29, 1.82) is 0 Å². The lowest BCUT2D eigenvalue weighted by Gasteiger charge is -2.28. The van der Waals surface area contributed by atoms with Gasteiger partial charge in [0.05, 0.1) is 98.4 Å². The summed E-state index contributed by atoms with van der Waals surface area (Å²) >= 11 is 0. The number of alkyl carbamates (subject to hydrolysis) is 1. The molecule has 0 unspecified atom stereocenters. The molecule has 0 spiro atoms. The summed E-state index contributed by atoms with van der Waals surface area (Å²) in [5.74, 6) is -1.43. The minimum atomic E-state index is -0.919. The minimum absolute atomic E-state index is 0.0448. The van der Waals surface area contributed by atoms with Crippen LogP contribution in [0.1, 0.15) is 56.1 Å². The minimum Gasteiger partial charge on any atom is -0.483 e. The second-order valence-electron chi connectivity index (χ2n) is 14.4. The normalized spacial score (nSPS) is 11.4. The molecule has 4 amide bonds. The monoisotopic (exact) mass is 904 g/mol. The first kappa shape index (κ1) is 55.0. The molecule has 0 aromatic heterocycles. The average molecular weight is 905 g/mol. The summed E-state index contributed by atoms with van der Waals surface area (Å²) in [6, 6.07) is 16.3. The summed E-state index contributed by atoms with van der Waals surface area (Å²) in [6.07, 6.45) is 0.727. The van der Waals surface area contributed by atoms with Gasteiger partial charge in [-0.25, -0.2) is 4.79 Å². The Hall–Kier alpha value is -5.18. The molecule has 0 bridgehead atoms. The molecule has 2 aromatic carbocycles. The lowest BCUT2D eigenvalue weighted by atomic mass is 9.98. The third kappa shape index (κ3) is 23.0. The van der Waals surface area contributed by atoms with Gasteiger partial charge in [0.1, 0.15) is 6.61 Å². The van der Waals surface area contributed by atoms with Crippen molar-refractivity contribution in [1.82, 2.24) is 20.0 Å². The SMILES string of the molecule is CCCOCCOCCC(=O)N(C)CCN(CCN(C)C(=O)CCOCCOCCOCCC(=O)O)C(=O)CCOCCNC(=O)OCC1c2ccccc2-c2ccccc21.O=CO. The third-order valence-corrected chi connectivity index (χ3v) is 9.78. The number of nitrogens with one attached hydrogen (secondary N) is 1. The van der Waals surface area contributed by atoms with Crippen molar-refractivity contribution in [2.24, 2.45) is 0 Å². The van der Waals surface area contributed by atoms with Crippen LogP contribution < -0.4 is 5.32 Å². The van der Waals surface area contributed by atoms with Crippen LogP contribution in [0.2, 0.25) is 0 Å². The second-order valence-corrected chi connectivity index (χ2v) is 14.4. The largest absolute Gasteiger partial charge is 0.483 e. The number of hydrogen-bond acceptors (Lipinski definition) is 13. The molecule has 3 N–H and O–H groups in total. The summed E-state index contributed by atoms with van der Waals surface area (Å²) in [4.78, 5) is 75.1. The Morgan fingerprint density at radius 2 is 1.00 bits per heavy atom. The molecule has 0 saturated heterocycles. The van der Waals surface area contributed by atoms with E-state index in [0.717, 1.165) is 28.7 Å². The highest BCUT2D eigenvalue weighted by Crippen LogP contribution is 2.44. The van der Waals surface area contributed by atoms with Gasteiger partial charge in [-0.1, -0.05) is 55.5 Å². The zero-order valence-corrected chi connectivity index (χ0v) is 37.6. The van der Waals surface area contributed by atoms with Gasteiger partial charge in [-0.15, -0.1) is 0 Å². The average Bonchev–Trinajstić information content (AvgIpc) is 3.61. The number of carbonyl (C=O) groups is 6. The molecular formula is C45H68N4O15. The summed E-state index contributed by atoms with van der Waals surface area (Å²) in [7, 11) is 3.34. The van der Waals surface area contributed by atoms with E-state index in [4.69, 9.17) is 48.2 Å². The van der Waals surface area contributed by atoms with Crippen LogP contribution in [-0.4, -0.2) is 194 Å². The van der Waals surface area contributed by atoms with E-state index in [1.54, 1.807) is 23.9 Å². The van der Waals surface area contributed by atoms with Gasteiger partial charge in [0.2, 0.25) is 17.7 Å². The molecule has 19 nitrogen and oxygen atoms in total. The van der Waals surface area contributed by atoms with Crippen molar-refractivity contribution >= 4 is 36.3 Å². The number of aliphatic carboxylic acids is 1. The lowest BCUT2D eigenvalue weighted by molar-refractivity contribution is -0.138. The van der Waals surface area contributed by atoms with Gasteiger partial charge in [0, 0.05) is 59.3 Å². The predicted molar refractivity (Wildman–Crippen MR) is 235 cm³/mol. The van der Waals surface area contributed by atoms with E-state index in [9.17, 15) is 24.0 Å². The fraction of sp³-hybridized carbons (Fsp3) is 0.600. The first-order valence-electron chi connectivity index (χ1n) is 21.6. The molecule has 64 heavy (non-hydrogen) atoms. The molecule has 1 aliphatic rings. The number of rotatable bonds is 34. The maximum atomic E-state index is 13.4. The Bertz CT molecular complexity index is 1620. The van der Waals surface area contributed by atoms with Crippen molar-refractivity contribution in [3.63, 3.8) is 0 Å². The summed E-state index contributed by atoms with van der Waals surface area (Å²) < 4.78 is 38.2. The number of fused-ring (bicyclic) bond motifs is 3. The Morgan fingerprint density at radius 3 is 1.47 bits per heavy atom. The maximum Gasteiger partial charge on any atom is 0.407 e. The highest BCUT2D eigenvalue weighted by atomic mass is 16.6. The standard InChI is InChI=1S/C44H66N4O13.CH2O2/c1-4-22-55-28-29-57-23-13-40(49)46(2)18-20-48(21-19-47(3)41(50)14-24-58-30-32-60-33-31-59-26-16-43(52)53)42(51)15-25-56-27-17-45-44(54)61-34-39-37-11-7-5-9-35(37)36-10-6-8-12-38(36)39;2-1-3/h5-12,39H,4,13-34H2,1-3H3,(H,45,54)(H,52,53);1H,(H,2,3). The quantitative estimate of drug-likeness (QED) is 0.0677. The topological polar surface area (TPSA) is 229 Å². The lowest BCUT2D eigenvalue weighted by Crippen LogP contribution is -2.44. The van der Waals surface area contributed by atoms with E-state index < -0.39 is 12.1 Å². The van der Waals surface area contributed by atoms with Gasteiger partial charge >= 0.3 is 12.1 Å². The van der Waals surface area contributed by atoms with Crippen LogP contribution in [0.4, 0.5) is 4.79 Å². The number of ether oxygens (including phenoxy) is 7. The number of benzene rings is 2. The van der Waals surface area contributed by atoms with Crippen LogP contribution >= 0.6 is 0 Å². The number of carboxylic acid groups (broad SMARTS) is 2. The fourth-order valence-corrected chi connectivity index (χ4v) is 6.31. The van der Waals surface area contributed by atoms with E-state index in [1.165, 1.54) is 4.90 Å². The molecule has 19 heteroatoms. The molecule has 0 atom stereocenters. The molecule has 0 fully saturated rings. The predicted octanol–water partition coefficient (Wildman–Crippen LogP) is 3.13. The van der Waals surface area contributed by atoms with Gasteiger partial charge in [0.25, 0.3) is 6.47 Å². The van der Waals surface area contributed by atoms with Crippen LogP contribution in [0.3, 0.4) is 0 Å². The molecular weight excluding hydrogens is 837 g/mol. The summed E-state index contributed by atoms with van der Waals surface area (Å²) in [5.41, 5.74) is 4.56. The van der Waals surface area contributed by atoms with E-state index in [-0.39, 0.29) is 141 Å². The van der Waals surface area contributed by atoms with E-state index in [1.807, 2.05) is 31.2 Å². The van der Waals surface area contributed by atoms with Gasteiger partial charge in [-0.3, -0.25) is 24.0 Å². The Kier molecular flexibility index (Phi) is 29.4. The second kappa shape index (κ2) is 34.3. The third-order valence-electron chi connectivity index (χ3n) is 9.78. The molecule has 0 heterocycles. The fourth-order valence-electron chi connectivity index (χ4n) is 6.31. The molecule has 0 aliphatic heterocycles. The highest BCUT2D eigenvalue weighted by molar-refractivity contribution is 5.80. The van der Waals surface area contributed by atoms with Crippen molar-refractivity contribution in [3.8, 4) is 11.1 Å². The molecule has 0 saturated carbocycles. The Morgan fingerprint density at radius 1 is 0.594 bits per heavy atom. The molecule has 3 rings (SSSR count). The molecule has 1 aliphatic carbocycles. The molecule has 358 valence electrons. The van der Waals surface area contributed by atoms with E-state index in [2.05, 4.69) is 29.6 Å². The Labute approximate surface area is 376 Å².